The van der Waals surface area contributed by atoms with Crippen molar-refractivity contribution >= 4 is 19.8 Å². The van der Waals surface area contributed by atoms with Crippen LogP contribution in [0.2, 0.25) is 0 Å². The number of allylic oxidation sites excluding steroid dienone is 38. The molecule has 0 aromatic carbocycles. The number of quaternary nitrogens is 1. The van der Waals surface area contributed by atoms with E-state index in [0.29, 0.717) is 23.9 Å². The number of phosphoric acid groups is 1. The number of likely N-dealkylation sites (N-methyl/N-ethyl adjacent to an activating group) is 1. The summed E-state index contributed by atoms with van der Waals surface area (Å²) in [5, 5.41) is 0. The van der Waals surface area contributed by atoms with Crippen LogP contribution in [0.4, 0.5) is 0 Å². The van der Waals surface area contributed by atoms with Crippen LogP contribution in [0, 0.1) is 0 Å². The second kappa shape index (κ2) is 71.4. The summed E-state index contributed by atoms with van der Waals surface area (Å²) < 4.78 is 34.7. The minimum absolute atomic E-state index is 0.0112. The first kappa shape index (κ1) is 88.1. The van der Waals surface area contributed by atoms with Gasteiger partial charge in [-0.25, -0.2) is 4.57 Å². The smallest absolute Gasteiger partial charge is 0.462 e. The summed E-state index contributed by atoms with van der Waals surface area (Å²) in [5.41, 5.74) is 0. The minimum atomic E-state index is -4.42. The fourth-order valence-electron chi connectivity index (χ4n) is 8.74. The Morgan fingerprint density at radius 1 is 0.330 bits per heavy atom. The molecule has 524 valence electrons. The number of esters is 2. The average Bonchev–Trinajstić information content (AvgIpc) is 1.56. The van der Waals surface area contributed by atoms with Crippen molar-refractivity contribution < 1.29 is 42.1 Å². The van der Waals surface area contributed by atoms with Gasteiger partial charge in [-0.3, -0.25) is 18.6 Å². The van der Waals surface area contributed by atoms with Crippen LogP contribution in [0.1, 0.15) is 232 Å². The van der Waals surface area contributed by atoms with Crippen molar-refractivity contribution in [1.82, 2.24) is 0 Å². The lowest BCUT2D eigenvalue weighted by molar-refractivity contribution is -0.870. The molecule has 0 aromatic rings. The molecule has 0 aliphatic rings. The quantitative estimate of drug-likeness (QED) is 0.0211. The highest BCUT2D eigenvalue weighted by Gasteiger charge is 2.27. The van der Waals surface area contributed by atoms with E-state index in [2.05, 4.69) is 245 Å². The topological polar surface area (TPSA) is 108 Å². The molecule has 0 saturated carbocycles. The van der Waals surface area contributed by atoms with Gasteiger partial charge in [0.1, 0.15) is 19.8 Å². The minimum Gasteiger partial charge on any atom is -0.462 e. The monoisotopic (exact) mass is 1310 g/mol. The summed E-state index contributed by atoms with van der Waals surface area (Å²) in [4.78, 5) is 35.9. The van der Waals surface area contributed by atoms with Crippen LogP contribution < -0.4 is 0 Å². The number of carbonyl (C=O) groups is 2. The van der Waals surface area contributed by atoms with Crippen molar-refractivity contribution in [3.8, 4) is 0 Å². The molecule has 2 unspecified atom stereocenters. The summed E-state index contributed by atoms with van der Waals surface area (Å²) >= 11 is 0. The first-order valence-corrected chi connectivity index (χ1v) is 37.6. The van der Waals surface area contributed by atoms with Gasteiger partial charge >= 0.3 is 19.8 Å². The van der Waals surface area contributed by atoms with E-state index in [4.69, 9.17) is 18.5 Å². The van der Waals surface area contributed by atoms with Gasteiger partial charge in [0.25, 0.3) is 0 Å². The highest BCUT2D eigenvalue weighted by molar-refractivity contribution is 7.47. The summed E-state index contributed by atoms with van der Waals surface area (Å²) in [5.74, 6) is -0.856. The lowest BCUT2D eigenvalue weighted by Crippen LogP contribution is -2.37. The molecule has 1 N–H and O–H groups in total. The lowest BCUT2D eigenvalue weighted by Gasteiger charge is -2.24. The standard InChI is InChI=1S/C84H130NO8P/c1-6-8-10-12-14-16-18-20-22-24-26-28-30-32-34-36-38-39-40-41-42-43-44-45-47-49-51-53-55-57-59-61-63-65-67-69-71-73-75-77-84(87)93-82(81-92-94(88,89)91-79-78-85(3,4)5)80-90-83(86)76-74-72-70-68-66-64-62-60-58-56-54-52-50-48-46-37-35-33-31-29-27-25-23-21-19-17-15-13-11-9-7-2/h8-11,14-17,20-23,26-29,32-35,38-39,41-42,44-46,48-49,51-52,54-55,57-58,60-61,63,82H,6-7,12-13,18-19,24-25,30-31,36-37,40,43,47,50,53,56,59,62,64-81H2,1-5H3/p+1/b10-8-,11-9-,16-14-,17-15-,22-20-,23-21-,28-26-,29-27-,34-32-,35-33-,39-38-,42-41-,45-44-,48-46-,51-49-,54-52-,57-55-,60-58-,63-61-. The molecule has 0 spiro atoms. The first-order valence-electron chi connectivity index (χ1n) is 36.1. The van der Waals surface area contributed by atoms with Gasteiger partial charge in [-0.15, -0.1) is 0 Å². The SMILES string of the molecule is CC/C=C\C/C=C\C/C=C\C/C=C\C/C=C\C/C=C\C/C=C\C/C=C\C/C=C\C/C=C\C/C=C\CCCCCCCC(=O)OC(COC(=O)CCCCCCCC/C=C\C/C=C\C/C=C\C/C=C\C/C=C\C/C=C\C/C=C\C/C=C\CC)COP(=O)(O)OCC[N+](C)(C)C. The molecule has 0 rings (SSSR count). The van der Waals surface area contributed by atoms with E-state index in [-0.39, 0.29) is 26.1 Å². The summed E-state index contributed by atoms with van der Waals surface area (Å²) in [7, 11) is 1.42. The number of ether oxygens (including phenoxy) is 2. The van der Waals surface area contributed by atoms with Crippen LogP contribution >= 0.6 is 7.82 Å². The normalized spacial score (nSPS) is 14.5. The third-order valence-corrected chi connectivity index (χ3v) is 15.2. The number of hydrogen-bond donors (Lipinski definition) is 1. The second-order valence-corrected chi connectivity index (χ2v) is 25.6. The lowest BCUT2D eigenvalue weighted by atomic mass is 10.1. The van der Waals surface area contributed by atoms with Gasteiger partial charge in [0.15, 0.2) is 6.10 Å². The number of hydrogen-bond acceptors (Lipinski definition) is 7. The van der Waals surface area contributed by atoms with Crippen molar-refractivity contribution in [2.75, 3.05) is 47.5 Å². The van der Waals surface area contributed by atoms with E-state index < -0.39 is 32.5 Å². The Hall–Kier alpha value is -5.93. The zero-order valence-corrected chi connectivity index (χ0v) is 60.5. The number of nitrogens with zero attached hydrogens (tertiary/aromatic N) is 1. The van der Waals surface area contributed by atoms with Crippen LogP contribution in [0.3, 0.4) is 0 Å². The van der Waals surface area contributed by atoms with Crippen LogP contribution in [0.5, 0.6) is 0 Å². The predicted octanol–water partition coefficient (Wildman–Crippen LogP) is 24.2. The van der Waals surface area contributed by atoms with E-state index >= 15 is 0 Å². The van der Waals surface area contributed by atoms with Crippen molar-refractivity contribution in [3.05, 3.63) is 231 Å². The van der Waals surface area contributed by atoms with Crippen LogP contribution in [-0.2, 0) is 32.7 Å². The fourth-order valence-corrected chi connectivity index (χ4v) is 9.48. The van der Waals surface area contributed by atoms with Crippen molar-refractivity contribution in [2.24, 2.45) is 0 Å². The van der Waals surface area contributed by atoms with E-state index in [0.717, 1.165) is 193 Å². The van der Waals surface area contributed by atoms with Gasteiger partial charge in [-0.05, 0) is 161 Å². The molecular weight excluding hydrogens is 1180 g/mol. The van der Waals surface area contributed by atoms with E-state index in [1.807, 2.05) is 21.1 Å². The maximum Gasteiger partial charge on any atom is 0.472 e. The van der Waals surface area contributed by atoms with E-state index in [1.54, 1.807) is 0 Å². The predicted molar refractivity (Wildman–Crippen MR) is 407 cm³/mol. The van der Waals surface area contributed by atoms with Gasteiger partial charge in [0.2, 0.25) is 0 Å². The molecule has 0 aliphatic heterocycles. The highest BCUT2D eigenvalue weighted by atomic mass is 31.2. The van der Waals surface area contributed by atoms with Crippen LogP contribution in [-0.4, -0.2) is 74.9 Å². The third kappa shape index (κ3) is 75.1. The second-order valence-electron chi connectivity index (χ2n) is 24.2. The molecule has 0 aliphatic carbocycles. The van der Waals surface area contributed by atoms with Crippen molar-refractivity contribution in [1.29, 1.82) is 0 Å². The molecule has 10 heteroatoms. The van der Waals surface area contributed by atoms with Gasteiger partial charge < -0.3 is 18.9 Å². The molecule has 94 heavy (non-hydrogen) atoms. The maximum atomic E-state index is 12.9. The van der Waals surface area contributed by atoms with Gasteiger partial charge in [-0.1, -0.05) is 290 Å². The summed E-state index contributed by atoms with van der Waals surface area (Å²) in [6.45, 7) is 4.13. The Bertz CT molecular complexity index is 2440. The van der Waals surface area contributed by atoms with Gasteiger partial charge in [0.05, 0.1) is 27.7 Å². The Morgan fingerprint density at radius 3 is 0.851 bits per heavy atom. The molecule has 0 heterocycles. The summed E-state index contributed by atoms with van der Waals surface area (Å²) in [6.07, 6.45) is 116. The number of carbonyl (C=O) groups excluding carboxylic acids is 2. The van der Waals surface area contributed by atoms with Gasteiger partial charge in [-0.2, -0.15) is 0 Å². The van der Waals surface area contributed by atoms with Crippen LogP contribution in [0.25, 0.3) is 0 Å². The molecule has 2 atom stereocenters. The molecule has 0 aromatic heterocycles. The van der Waals surface area contributed by atoms with Crippen LogP contribution in [0.15, 0.2) is 231 Å². The molecule has 0 amide bonds. The maximum absolute atomic E-state index is 12.9. The Morgan fingerprint density at radius 2 is 0.574 bits per heavy atom. The number of unbranched alkanes of at least 4 members (excludes halogenated alkanes) is 11. The third-order valence-electron chi connectivity index (χ3n) is 14.2. The van der Waals surface area contributed by atoms with Crippen molar-refractivity contribution in [2.45, 2.75) is 238 Å². The Labute approximate surface area is 575 Å². The zero-order chi connectivity index (χ0) is 68.3. The molecule has 0 saturated heterocycles. The average molecular weight is 1310 g/mol. The van der Waals surface area contributed by atoms with Crippen molar-refractivity contribution in [3.63, 3.8) is 0 Å². The van der Waals surface area contributed by atoms with Gasteiger partial charge in [0, 0.05) is 12.8 Å². The first-order chi connectivity index (χ1) is 46.0. The molecule has 0 bridgehead atoms. The zero-order valence-electron chi connectivity index (χ0n) is 59.6. The fraction of sp³-hybridized carbons (Fsp3) is 0.524. The molecule has 0 radical (unpaired) electrons. The number of phosphoric ester groups is 1. The number of rotatable bonds is 63. The molecular formula is C84H131NO8P+. The molecule has 0 fully saturated rings. The molecule has 9 nitrogen and oxygen atoms in total. The Kier molecular flexibility index (Phi) is 66.9. The Balaban J connectivity index is 4.23. The highest BCUT2D eigenvalue weighted by Crippen LogP contribution is 2.43. The van der Waals surface area contributed by atoms with E-state index in [9.17, 15) is 19.0 Å². The van der Waals surface area contributed by atoms with E-state index in [1.165, 1.54) is 0 Å². The largest absolute Gasteiger partial charge is 0.472 e. The summed E-state index contributed by atoms with van der Waals surface area (Å²) in [6, 6.07) is 0.